The quantitative estimate of drug-likeness (QED) is 0.708. The summed E-state index contributed by atoms with van der Waals surface area (Å²) in [7, 11) is 0.972. The average molecular weight is 263 g/mol. The standard InChI is InChI=1S/C9H17N3O4S/c1-7-8(6-12(2)11-7)17(13,14)10-5-9(15-3)16-4/h6,9-10H,5H2,1-4H3. The maximum atomic E-state index is 11.9. The Kier molecular flexibility index (Phi) is 4.63. The Labute approximate surface area is 101 Å². The molecular formula is C9H17N3O4S. The van der Waals surface area contributed by atoms with E-state index in [1.54, 1.807) is 14.0 Å². The third kappa shape index (κ3) is 3.50. The number of methoxy groups -OCH3 is 2. The minimum Gasteiger partial charge on any atom is -0.355 e. The third-order valence-corrected chi connectivity index (χ3v) is 3.75. The van der Waals surface area contributed by atoms with Crippen LogP contribution in [0.15, 0.2) is 11.1 Å². The predicted octanol–water partition coefficient (Wildman–Crippen LogP) is -0.374. The molecule has 0 unspecified atom stereocenters. The summed E-state index contributed by atoms with van der Waals surface area (Å²) in [5.74, 6) is 0. The number of hydrogen-bond acceptors (Lipinski definition) is 5. The van der Waals surface area contributed by atoms with E-state index in [1.165, 1.54) is 25.1 Å². The number of nitrogens with zero attached hydrogens (tertiary/aromatic N) is 2. The first-order valence-corrected chi connectivity index (χ1v) is 6.44. The van der Waals surface area contributed by atoms with Crippen molar-refractivity contribution in [3.05, 3.63) is 11.9 Å². The van der Waals surface area contributed by atoms with E-state index in [9.17, 15) is 8.42 Å². The molecule has 0 saturated carbocycles. The van der Waals surface area contributed by atoms with Crippen molar-refractivity contribution >= 4 is 10.0 Å². The normalized spacial score (nSPS) is 12.3. The number of sulfonamides is 1. The zero-order valence-electron chi connectivity index (χ0n) is 10.3. The second-order valence-corrected chi connectivity index (χ2v) is 5.24. The largest absolute Gasteiger partial charge is 0.355 e. The van der Waals surface area contributed by atoms with Gasteiger partial charge in [-0.3, -0.25) is 4.68 Å². The lowest BCUT2D eigenvalue weighted by molar-refractivity contribution is -0.0960. The number of nitrogens with one attached hydrogen (secondary N) is 1. The molecule has 0 atom stereocenters. The first-order valence-electron chi connectivity index (χ1n) is 4.96. The maximum absolute atomic E-state index is 11.9. The van der Waals surface area contributed by atoms with Gasteiger partial charge in [-0.25, -0.2) is 13.1 Å². The van der Waals surface area contributed by atoms with Crippen molar-refractivity contribution in [1.29, 1.82) is 0 Å². The average Bonchev–Trinajstić information content (AvgIpc) is 2.60. The second kappa shape index (κ2) is 5.58. The topological polar surface area (TPSA) is 82.5 Å². The van der Waals surface area contributed by atoms with Gasteiger partial charge in [-0.15, -0.1) is 0 Å². The molecule has 1 aromatic rings. The van der Waals surface area contributed by atoms with Crippen LogP contribution in [0.5, 0.6) is 0 Å². The minimum absolute atomic E-state index is 0.0453. The lowest BCUT2D eigenvalue weighted by atomic mass is 10.5. The van der Waals surface area contributed by atoms with E-state index < -0.39 is 16.3 Å². The summed E-state index contributed by atoms with van der Waals surface area (Å²) in [6.45, 7) is 1.68. The van der Waals surface area contributed by atoms with Gasteiger partial charge in [0.15, 0.2) is 6.29 Å². The molecule has 1 aromatic heterocycles. The molecule has 1 heterocycles. The molecule has 0 aromatic carbocycles. The van der Waals surface area contributed by atoms with Crippen molar-refractivity contribution in [2.24, 2.45) is 7.05 Å². The van der Waals surface area contributed by atoms with Gasteiger partial charge in [0.25, 0.3) is 0 Å². The molecule has 1 N–H and O–H groups in total. The van der Waals surface area contributed by atoms with Gasteiger partial charge >= 0.3 is 0 Å². The van der Waals surface area contributed by atoms with Crippen molar-refractivity contribution < 1.29 is 17.9 Å². The Hall–Kier alpha value is -0.960. The van der Waals surface area contributed by atoms with E-state index in [4.69, 9.17) is 9.47 Å². The van der Waals surface area contributed by atoms with Crippen molar-refractivity contribution in [2.75, 3.05) is 20.8 Å². The number of rotatable bonds is 6. The molecular weight excluding hydrogens is 246 g/mol. The lowest BCUT2D eigenvalue weighted by Crippen LogP contribution is -2.34. The summed E-state index contributed by atoms with van der Waals surface area (Å²) < 4.78 is 37.5. The predicted molar refractivity (Wildman–Crippen MR) is 60.9 cm³/mol. The van der Waals surface area contributed by atoms with Crippen LogP contribution in [0.1, 0.15) is 5.69 Å². The monoisotopic (exact) mass is 263 g/mol. The summed E-state index contributed by atoms with van der Waals surface area (Å²) in [5.41, 5.74) is 0.450. The van der Waals surface area contributed by atoms with Gasteiger partial charge in [0, 0.05) is 27.5 Å². The molecule has 0 spiro atoms. The minimum atomic E-state index is -3.58. The Balaban J connectivity index is 2.79. The molecule has 0 amide bonds. The van der Waals surface area contributed by atoms with Gasteiger partial charge in [0.05, 0.1) is 12.2 Å². The van der Waals surface area contributed by atoms with Gasteiger partial charge in [-0.1, -0.05) is 0 Å². The van der Waals surface area contributed by atoms with Crippen LogP contribution in [0.2, 0.25) is 0 Å². The van der Waals surface area contributed by atoms with Gasteiger partial charge in [0.2, 0.25) is 10.0 Å². The molecule has 0 bridgehead atoms. The molecule has 7 nitrogen and oxygen atoms in total. The summed E-state index contributed by atoms with van der Waals surface area (Å²) in [4.78, 5) is 0.158. The number of aromatic nitrogens is 2. The highest BCUT2D eigenvalue weighted by molar-refractivity contribution is 7.89. The van der Waals surface area contributed by atoms with Gasteiger partial charge in [0.1, 0.15) is 4.90 Å². The van der Waals surface area contributed by atoms with E-state index >= 15 is 0 Å². The highest BCUT2D eigenvalue weighted by Crippen LogP contribution is 2.12. The number of ether oxygens (including phenoxy) is 2. The van der Waals surface area contributed by atoms with Crippen LogP contribution >= 0.6 is 0 Å². The second-order valence-electron chi connectivity index (χ2n) is 3.51. The Morgan fingerprint density at radius 3 is 2.47 bits per heavy atom. The van der Waals surface area contributed by atoms with Gasteiger partial charge in [-0.05, 0) is 6.92 Å². The fourth-order valence-electron chi connectivity index (χ4n) is 1.36. The van der Waals surface area contributed by atoms with Crippen LogP contribution in [-0.2, 0) is 26.5 Å². The smallest absolute Gasteiger partial charge is 0.244 e. The first-order chi connectivity index (χ1) is 7.90. The van der Waals surface area contributed by atoms with Crippen LogP contribution in [-0.4, -0.2) is 45.3 Å². The fraction of sp³-hybridized carbons (Fsp3) is 0.667. The van der Waals surface area contributed by atoms with Crippen molar-refractivity contribution in [2.45, 2.75) is 18.1 Å². The van der Waals surface area contributed by atoms with Gasteiger partial charge < -0.3 is 9.47 Å². The Morgan fingerprint density at radius 1 is 1.47 bits per heavy atom. The third-order valence-electron chi connectivity index (χ3n) is 2.22. The van der Waals surface area contributed by atoms with Crippen molar-refractivity contribution in [3.63, 3.8) is 0 Å². The summed E-state index contributed by atoms with van der Waals surface area (Å²) in [5, 5.41) is 3.98. The van der Waals surface area contributed by atoms with Gasteiger partial charge in [-0.2, -0.15) is 5.10 Å². The summed E-state index contributed by atoms with van der Waals surface area (Å²) in [6, 6.07) is 0. The van der Waals surface area contributed by atoms with E-state index in [0.717, 1.165) is 0 Å². The van der Waals surface area contributed by atoms with Crippen LogP contribution < -0.4 is 4.72 Å². The molecule has 98 valence electrons. The van der Waals surface area contributed by atoms with E-state index in [2.05, 4.69) is 9.82 Å². The van der Waals surface area contributed by atoms with E-state index in [1.807, 2.05) is 0 Å². The van der Waals surface area contributed by atoms with Crippen LogP contribution in [0, 0.1) is 6.92 Å². The highest BCUT2D eigenvalue weighted by Gasteiger charge is 2.20. The molecule has 1 rings (SSSR count). The van der Waals surface area contributed by atoms with E-state index in [0.29, 0.717) is 5.69 Å². The molecule has 8 heteroatoms. The molecule has 0 fully saturated rings. The molecule has 0 aliphatic carbocycles. The van der Waals surface area contributed by atoms with Crippen molar-refractivity contribution in [1.82, 2.24) is 14.5 Å². The van der Waals surface area contributed by atoms with Crippen LogP contribution in [0.25, 0.3) is 0 Å². The van der Waals surface area contributed by atoms with Crippen LogP contribution in [0.4, 0.5) is 0 Å². The molecule has 0 saturated heterocycles. The summed E-state index contributed by atoms with van der Waals surface area (Å²) in [6.07, 6.45) is 0.841. The molecule has 17 heavy (non-hydrogen) atoms. The zero-order chi connectivity index (χ0) is 13.1. The zero-order valence-corrected chi connectivity index (χ0v) is 11.1. The maximum Gasteiger partial charge on any atom is 0.244 e. The van der Waals surface area contributed by atoms with Crippen molar-refractivity contribution in [3.8, 4) is 0 Å². The molecule has 0 radical (unpaired) electrons. The molecule has 0 aliphatic heterocycles. The first kappa shape index (κ1) is 14.1. The molecule has 0 aliphatic rings. The number of hydrogen-bond donors (Lipinski definition) is 1. The fourth-order valence-corrected chi connectivity index (χ4v) is 2.59. The Bertz CT molecular complexity index is 465. The number of aryl methyl sites for hydroxylation is 2. The van der Waals surface area contributed by atoms with E-state index in [-0.39, 0.29) is 11.4 Å². The SMILES string of the molecule is COC(CNS(=O)(=O)c1cn(C)nc1C)OC. The lowest BCUT2D eigenvalue weighted by Gasteiger charge is -2.13. The Morgan fingerprint density at radius 2 is 2.06 bits per heavy atom. The summed E-state index contributed by atoms with van der Waals surface area (Å²) >= 11 is 0. The highest BCUT2D eigenvalue weighted by atomic mass is 32.2. The van der Waals surface area contributed by atoms with Crippen LogP contribution in [0.3, 0.4) is 0 Å².